The van der Waals surface area contributed by atoms with Gasteiger partial charge in [-0.25, -0.2) is 4.79 Å². The van der Waals surface area contributed by atoms with Gasteiger partial charge in [0, 0.05) is 25.7 Å². The van der Waals surface area contributed by atoms with Crippen molar-refractivity contribution in [1.82, 2.24) is 0 Å². The maximum absolute atomic E-state index is 11.9. The first-order chi connectivity index (χ1) is 11.7. The first-order valence-electron chi connectivity index (χ1n) is 7.00. The largest absolute Gasteiger partial charge is 0.467 e. The van der Waals surface area contributed by atoms with E-state index < -0.39 is 54.5 Å². The molecule has 0 aliphatic carbocycles. The molecule has 5 atom stereocenters. The van der Waals surface area contributed by atoms with Crippen molar-refractivity contribution in [3.8, 4) is 0 Å². The van der Waals surface area contributed by atoms with Crippen molar-refractivity contribution in [1.29, 1.82) is 0 Å². The van der Waals surface area contributed by atoms with Gasteiger partial charge in [0.1, 0.15) is 0 Å². The molecule has 0 aromatic rings. The van der Waals surface area contributed by atoms with Crippen molar-refractivity contribution >= 4 is 23.9 Å². The Labute approximate surface area is 141 Å². The standard InChI is InChI=1S/C13H17N3O9/c1-5(17)22-8-9(23-6(2)18)11(13(20)21-4)25-12(15-16-14)10(8)24-7(3)19/h8-12H,1-4H3/t8-,9-,10+,11-,12+/m0/s1. The molecule has 138 valence electrons. The second-order valence-electron chi connectivity index (χ2n) is 4.90. The summed E-state index contributed by atoms with van der Waals surface area (Å²) in [6.45, 7) is 3.17. The third kappa shape index (κ3) is 5.33. The average Bonchev–Trinajstić information content (AvgIpc) is 2.50. The van der Waals surface area contributed by atoms with Crippen LogP contribution in [-0.2, 0) is 42.9 Å². The Hall–Kier alpha value is -2.85. The number of methoxy groups -OCH3 is 1. The number of hydrogen-bond donors (Lipinski definition) is 0. The van der Waals surface area contributed by atoms with E-state index in [2.05, 4.69) is 14.8 Å². The minimum atomic E-state index is -1.57. The van der Waals surface area contributed by atoms with Crippen LogP contribution in [0.2, 0.25) is 0 Å². The van der Waals surface area contributed by atoms with Crippen LogP contribution in [0.25, 0.3) is 10.4 Å². The highest BCUT2D eigenvalue weighted by molar-refractivity contribution is 5.77. The summed E-state index contributed by atoms with van der Waals surface area (Å²) < 4.78 is 24.9. The fraction of sp³-hybridized carbons (Fsp3) is 0.692. The molecule has 0 N–H and O–H groups in total. The molecule has 12 nitrogen and oxygen atoms in total. The normalized spacial score (nSPS) is 28.1. The highest BCUT2D eigenvalue weighted by Gasteiger charge is 2.54. The lowest BCUT2D eigenvalue weighted by molar-refractivity contribution is -0.247. The summed E-state index contributed by atoms with van der Waals surface area (Å²) in [7, 11) is 1.05. The van der Waals surface area contributed by atoms with Crippen molar-refractivity contribution in [2.75, 3.05) is 7.11 Å². The SMILES string of the molecule is COC(=O)[C@H]1O[C@@H](N=[N+]=[N-])[C@H](OC(C)=O)[C@@H](OC(C)=O)[C@@H]1OC(C)=O. The Morgan fingerprint density at radius 3 is 1.84 bits per heavy atom. The van der Waals surface area contributed by atoms with Crippen LogP contribution in [0.3, 0.4) is 0 Å². The highest BCUT2D eigenvalue weighted by atomic mass is 16.7. The maximum Gasteiger partial charge on any atom is 0.339 e. The molecule has 0 bridgehead atoms. The molecular formula is C13H17N3O9. The molecule has 0 spiro atoms. The van der Waals surface area contributed by atoms with Crippen molar-refractivity contribution in [2.24, 2.45) is 5.11 Å². The number of carbonyl (C=O) groups is 4. The lowest BCUT2D eigenvalue weighted by atomic mass is 9.97. The predicted molar refractivity (Wildman–Crippen MR) is 76.5 cm³/mol. The van der Waals surface area contributed by atoms with Crippen molar-refractivity contribution < 1.29 is 42.9 Å². The molecule has 1 heterocycles. The van der Waals surface area contributed by atoms with Gasteiger partial charge in [-0.1, -0.05) is 5.11 Å². The van der Waals surface area contributed by atoms with Gasteiger partial charge in [-0.2, -0.15) is 0 Å². The zero-order chi connectivity index (χ0) is 19.1. The lowest BCUT2D eigenvalue weighted by Crippen LogP contribution is -2.62. The van der Waals surface area contributed by atoms with Crippen LogP contribution in [0.1, 0.15) is 20.8 Å². The fourth-order valence-corrected chi connectivity index (χ4v) is 2.24. The van der Waals surface area contributed by atoms with Crippen LogP contribution in [0.5, 0.6) is 0 Å². The topological polar surface area (TPSA) is 163 Å². The zero-order valence-corrected chi connectivity index (χ0v) is 13.9. The van der Waals surface area contributed by atoms with Gasteiger partial charge < -0.3 is 23.7 Å². The minimum absolute atomic E-state index is 0.804. The van der Waals surface area contributed by atoms with Crippen molar-refractivity contribution in [2.45, 2.75) is 51.4 Å². The van der Waals surface area contributed by atoms with E-state index in [0.29, 0.717) is 0 Å². The van der Waals surface area contributed by atoms with Gasteiger partial charge >= 0.3 is 23.9 Å². The average molecular weight is 359 g/mol. The molecule has 25 heavy (non-hydrogen) atoms. The van der Waals surface area contributed by atoms with Crippen LogP contribution in [-0.4, -0.2) is 61.6 Å². The molecule has 1 saturated heterocycles. The number of carbonyl (C=O) groups excluding carboxylic acids is 4. The third-order valence-electron chi connectivity index (χ3n) is 3.02. The number of hydrogen-bond acceptors (Lipinski definition) is 10. The highest BCUT2D eigenvalue weighted by Crippen LogP contribution is 2.30. The summed E-state index contributed by atoms with van der Waals surface area (Å²) >= 11 is 0. The van der Waals surface area contributed by atoms with Crippen LogP contribution in [0, 0.1) is 0 Å². The van der Waals surface area contributed by atoms with E-state index in [9.17, 15) is 19.2 Å². The molecule has 0 radical (unpaired) electrons. The smallest absolute Gasteiger partial charge is 0.339 e. The number of rotatable bonds is 5. The Morgan fingerprint density at radius 1 is 0.920 bits per heavy atom. The van der Waals surface area contributed by atoms with E-state index in [-0.39, 0.29) is 0 Å². The van der Waals surface area contributed by atoms with Crippen molar-refractivity contribution in [3.63, 3.8) is 0 Å². The summed E-state index contributed by atoms with van der Waals surface area (Å²) in [6, 6.07) is 0. The predicted octanol–water partition coefficient (Wildman–Crippen LogP) is -0.0103. The van der Waals surface area contributed by atoms with E-state index in [0.717, 1.165) is 27.9 Å². The number of ether oxygens (including phenoxy) is 5. The second kappa shape index (κ2) is 8.85. The van der Waals surface area contributed by atoms with Gasteiger partial charge in [0.05, 0.1) is 7.11 Å². The summed E-state index contributed by atoms with van der Waals surface area (Å²) in [6.07, 6.45) is -7.47. The Morgan fingerprint density at radius 2 is 1.40 bits per heavy atom. The van der Waals surface area contributed by atoms with E-state index >= 15 is 0 Å². The molecule has 0 aromatic carbocycles. The molecule has 0 amide bonds. The monoisotopic (exact) mass is 359 g/mol. The van der Waals surface area contributed by atoms with E-state index in [1.165, 1.54) is 0 Å². The van der Waals surface area contributed by atoms with Gasteiger partial charge in [0.2, 0.25) is 0 Å². The van der Waals surface area contributed by atoms with Crippen LogP contribution >= 0.6 is 0 Å². The maximum atomic E-state index is 11.9. The van der Waals surface area contributed by atoms with E-state index in [1.54, 1.807) is 0 Å². The van der Waals surface area contributed by atoms with Crippen LogP contribution in [0.4, 0.5) is 0 Å². The Kier molecular flexibility index (Phi) is 7.15. The van der Waals surface area contributed by atoms with E-state index in [4.69, 9.17) is 24.5 Å². The molecule has 12 heteroatoms. The van der Waals surface area contributed by atoms with Gasteiger partial charge in [0.15, 0.2) is 30.6 Å². The molecule has 1 rings (SSSR count). The first kappa shape index (κ1) is 20.2. The Bertz CT molecular complexity index is 602. The Balaban J connectivity index is 3.38. The lowest BCUT2D eigenvalue weighted by Gasteiger charge is -2.42. The molecule has 1 aliphatic rings. The van der Waals surface area contributed by atoms with Gasteiger partial charge in [-0.15, -0.1) is 0 Å². The first-order valence-corrected chi connectivity index (χ1v) is 7.00. The quantitative estimate of drug-likeness (QED) is 0.216. The fourth-order valence-electron chi connectivity index (χ4n) is 2.24. The van der Waals surface area contributed by atoms with Gasteiger partial charge in [0.25, 0.3) is 0 Å². The summed E-state index contributed by atoms with van der Waals surface area (Å²) in [5.74, 6) is -3.40. The molecule has 0 unspecified atom stereocenters. The molecule has 1 fully saturated rings. The van der Waals surface area contributed by atoms with Gasteiger partial charge in [-0.05, 0) is 5.53 Å². The second-order valence-corrected chi connectivity index (χ2v) is 4.90. The van der Waals surface area contributed by atoms with Crippen LogP contribution < -0.4 is 0 Å². The summed E-state index contributed by atoms with van der Waals surface area (Å²) in [4.78, 5) is 48.6. The zero-order valence-electron chi connectivity index (χ0n) is 13.9. The van der Waals surface area contributed by atoms with Gasteiger partial charge in [-0.3, -0.25) is 14.4 Å². The molecule has 1 aliphatic heterocycles. The van der Waals surface area contributed by atoms with Crippen molar-refractivity contribution in [3.05, 3.63) is 10.4 Å². The number of azide groups is 1. The minimum Gasteiger partial charge on any atom is -0.467 e. The molecule has 0 aromatic heterocycles. The summed E-state index contributed by atoms with van der Waals surface area (Å²) in [5, 5.41) is 3.30. The van der Waals surface area contributed by atoms with Crippen LogP contribution in [0.15, 0.2) is 5.11 Å². The third-order valence-corrected chi connectivity index (χ3v) is 3.02. The molecule has 0 saturated carbocycles. The number of nitrogens with zero attached hydrogens (tertiary/aromatic N) is 3. The number of esters is 4. The molecular weight excluding hydrogens is 342 g/mol. The summed E-state index contributed by atoms with van der Waals surface area (Å²) in [5.41, 5.74) is 8.66. The van der Waals surface area contributed by atoms with E-state index in [1.807, 2.05) is 0 Å².